The molecule has 0 atom stereocenters. The lowest BCUT2D eigenvalue weighted by molar-refractivity contribution is -0.121. The van der Waals surface area contributed by atoms with Crippen LogP contribution in [0.25, 0.3) is 0 Å². The smallest absolute Gasteiger partial charge is 0.233 e. The summed E-state index contributed by atoms with van der Waals surface area (Å²) in [5.41, 5.74) is 8.79. The van der Waals surface area contributed by atoms with Crippen LogP contribution in [0.15, 0.2) is 23.1 Å². The molecule has 0 aliphatic carbocycles. The van der Waals surface area contributed by atoms with Gasteiger partial charge in [0.15, 0.2) is 0 Å². The molecule has 0 unspecified atom stereocenters. The summed E-state index contributed by atoms with van der Waals surface area (Å²) in [5.74, 6) is 6.63. The highest BCUT2D eigenvalue weighted by molar-refractivity contribution is 7.99. The molecule has 19 heavy (non-hydrogen) atoms. The van der Waals surface area contributed by atoms with Gasteiger partial charge in [-0.05, 0) is 43.7 Å². The zero-order chi connectivity index (χ0) is 14.1. The molecule has 0 spiro atoms. The summed E-state index contributed by atoms with van der Waals surface area (Å²) < 4.78 is 5.44. The number of hydrazine groups is 1. The Morgan fingerprint density at radius 2 is 2.21 bits per heavy atom. The van der Waals surface area contributed by atoms with Crippen LogP contribution in [-0.2, 0) is 4.79 Å². The van der Waals surface area contributed by atoms with Gasteiger partial charge < -0.3 is 10.5 Å². The maximum Gasteiger partial charge on any atom is 0.233 e. The van der Waals surface area contributed by atoms with Crippen molar-refractivity contribution in [2.75, 3.05) is 18.1 Å². The van der Waals surface area contributed by atoms with Gasteiger partial charge in [0, 0.05) is 17.0 Å². The molecule has 1 amide bonds. The maximum absolute atomic E-state index is 10.9. The number of nitrogen functional groups attached to an aromatic ring is 1. The number of benzene rings is 1. The number of carbonyl (C=O) groups excluding carboxylic acids is 1. The van der Waals surface area contributed by atoms with E-state index >= 15 is 0 Å². The van der Waals surface area contributed by atoms with E-state index in [0.29, 0.717) is 13.0 Å². The van der Waals surface area contributed by atoms with Gasteiger partial charge in [-0.3, -0.25) is 10.2 Å². The molecule has 5 nitrogen and oxygen atoms in total. The molecule has 0 saturated carbocycles. The SMILES string of the molecule is CCOc1ccc(N)c(SCCCCC(=O)NN)c1. The number of rotatable bonds is 8. The van der Waals surface area contributed by atoms with Crippen molar-refractivity contribution in [2.45, 2.75) is 31.1 Å². The number of hydrogen-bond acceptors (Lipinski definition) is 5. The zero-order valence-electron chi connectivity index (χ0n) is 11.1. The summed E-state index contributed by atoms with van der Waals surface area (Å²) in [5, 5.41) is 0. The summed E-state index contributed by atoms with van der Waals surface area (Å²) in [6.45, 7) is 2.59. The maximum atomic E-state index is 10.9. The number of nitrogens with two attached hydrogens (primary N) is 2. The molecule has 5 N–H and O–H groups in total. The Labute approximate surface area is 118 Å². The highest BCUT2D eigenvalue weighted by atomic mass is 32.2. The number of ether oxygens (including phenoxy) is 1. The van der Waals surface area contributed by atoms with Crippen molar-refractivity contribution in [3.8, 4) is 5.75 Å². The second-order valence-electron chi connectivity index (χ2n) is 4.01. The molecular weight excluding hydrogens is 262 g/mol. The number of amides is 1. The molecule has 1 rings (SSSR count). The van der Waals surface area contributed by atoms with Crippen LogP contribution in [0.2, 0.25) is 0 Å². The first kappa shape index (κ1) is 15.7. The van der Waals surface area contributed by atoms with Crippen LogP contribution >= 0.6 is 11.8 Å². The number of thioether (sulfide) groups is 1. The molecule has 6 heteroatoms. The van der Waals surface area contributed by atoms with Crippen LogP contribution < -0.4 is 21.7 Å². The summed E-state index contributed by atoms with van der Waals surface area (Å²) in [6.07, 6.45) is 2.23. The average Bonchev–Trinajstić information content (AvgIpc) is 2.41. The lowest BCUT2D eigenvalue weighted by Crippen LogP contribution is -2.29. The van der Waals surface area contributed by atoms with E-state index in [1.54, 1.807) is 11.8 Å². The molecule has 0 aromatic heterocycles. The third kappa shape index (κ3) is 5.85. The fourth-order valence-electron chi connectivity index (χ4n) is 1.54. The third-order valence-electron chi connectivity index (χ3n) is 2.51. The Kier molecular flexibility index (Phi) is 7.14. The number of unbranched alkanes of at least 4 members (excludes halogenated alkanes) is 1. The van der Waals surface area contributed by atoms with Gasteiger partial charge in [-0.25, -0.2) is 5.84 Å². The molecule has 0 heterocycles. The van der Waals surface area contributed by atoms with Crippen LogP contribution in [0.4, 0.5) is 5.69 Å². The fourth-order valence-corrected chi connectivity index (χ4v) is 2.54. The topological polar surface area (TPSA) is 90.4 Å². The highest BCUT2D eigenvalue weighted by Crippen LogP contribution is 2.29. The number of hydrogen-bond donors (Lipinski definition) is 3. The molecule has 1 aromatic rings. The van der Waals surface area contributed by atoms with Gasteiger partial charge >= 0.3 is 0 Å². The lowest BCUT2D eigenvalue weighted by atomic mass is 10.2. The second-order valence-corrected chi connectivity index (χ2v) is 5.14. The minimum Gasteiger partial charge on any atom is -0.494 e. The zero-order valence-corrected chi connectivity index (χ0v) is 12.0. The number of anilines is 1. The van der Waals surface area contributed by atoms with Gasteiger partial charge in [0.2, 0.25) is 5.91 Å². The van der Waals surface area contributed by atoms with E-state index in [1.165, 1.54) is 0 Å². The first-order valence-corrected chi connectivity index (χ1v) is 7.30. The molecule has 106 valence electrons. The van der Waals surface area contributed by atoms with Crippen LogP contribution in [-0.4, -0.2) is 18.3 Å². The Balaban J connectivity index is 2.35. The summed E-state index contributed by atoms with van der Waals surface area (Å²) in [4.78, 5) is 12.0. The molecule has 0 aliphatic heterocycles. The molecule has 0 aliphatic rings. The van der Waals surface area contributed by atoms with Crippen molar-refractivity contribution in [3.63, 3.8) is 0 Å². The first-order valence-electron chi connectivity index (χ1n) is 6.32. The minimum absolute atomic E-state index is 0.122. The quantitative estimate of drug-likeness (QED) is 0.169. The first-order chi connectivity index (χ1) is 9.17. The van der Waals surface area contributed by atoms with Crippen molar-refractivity contribution >= 4 is 23.4 Å². The lowest BCUT2D eigenvalue weighted by Gasteiger charge is -2.08. The van der Waals surface area contributed by atoms with Crippen molar-refractivity contribution in [2.24, 2.45) is 5.84 Å². The molecule has 0 saturated heterocycles. The standard InChI is InChI=1S/C13H21N3O2S/c1-2-18-10-6-7-11(14)12(9-10)19-8-4-3-5-13(17)16-15/h6-7,9H,2-5,8,14-15H2,1H3,(H,16,17). The highest BCUT2D eigenvalue weighted by Gasteiger charge is 2.03. The van der Waals surface area contributed by atoms with Crippen molar-refractivity contribution in [1.82, 2.24) is 5.43 Å². The van der Waals surface area contributed by atoms with Gasteiger partial charge in [-0.15, -0.1) is 11.8 Å². The Bertz CT molecular complexity index is 413. The largest absolute Gasteiger partial charge is 0.494 e. The monoisotopic (exact) mass is 283 g/mol. The van der Waals surface area contributed by atoms with Crippen LogP contribution in [0.5, 0.6) is 5.75 Å². The van der Waals surface area contributed by atoms with E-state index in [1.807, 2.05) is 25.1 Å². The summed E-state index contributed by atoms with van der Waals surface area (Å²) in [7, 11) is 0. The van der Waals surface area contributed by atoms with Crippen LogP contribution in [0, 0.1) is 0 Å². The van der Waals surface area contributed by atoms with Crippen molar-refractivity contribution in [3.05, 3.63) is 18.2 Å². The Hall–Kier alpha value is -1.40. The van der Waals surface area contributed by atoms with Gasteiger partial charge in [-0.1, -0.05) is 0 Å². The summed E-state index contributed by atoms with van der Waals surface area (Å²) in [6, 6.07) is 5.68. The fraction of sp³-hybridized carbons (Fsp3) is 0.462. The van der Waals surface area contributed by atoms with E-state index in [2.05, 4.69) is 5.43 Å². The predicted octanol–water partition coefficient (Wildman–Crippen LogP) is 1.92. The normalized spacial score (nSPS) is 10.2. The van der Waals surface area contributed by atoms with Crippen LogP contribution in [0.3, 0.4) is 0 Å². The van der Waals surface area contributed by atoms with Crippen LogP contribution in [0.1, 0.15) is 26.2 Å². The second kappa shape index (κ2) is 8.66. The molecule has 0 fully saturated rings. The summed E-state index contributed by atoms with van der Waals surface area (Å²) >= 11 is 1.68. The van der Waals surface area contributed by atoms with E-state index < -0.39 is 0 Å². The number of carbonyl (C=O) groups is 1. The van der Waals surface area contributed by atoms with Gasteiger partial charge in [-0.2, -0.15) is 0 Å². The predicted molar refractivity (Wildman–Crippen MR) is 78.9 cm³/mol. The van der Waals surface area contributed by atoms with E-state index in [0.717, 1.165) is 34.9 Å². The molecule has 0 radical (unpaired) electrons. The molecule has 0 bridgehead atoms. The third-order valence-corrected chi connectivity index (χ3v) is 3.67. The Morgan fingerprint density at radius 3 is 2.89 bits per heavy atom. The van der Waals surface area contributed by atoms with Gasteiger partial charge in [0.25, 0.3) is 0 Å². The minimum atomic E-state index is -0.122. The van der Waals surface area contributed by atoms with Crippen molar-refractivity contribution < 1.29 is 9.53 Å². The molecule has 1 aromatic carbocycles. The van der Waals surface area contributed by atoms with E-state index in [9.17, 15) is 4.79 Å². The van der Waals surface area contributed by atoms with E-state index in [-0.39, 0.29) is 5.91 Å². The molecular formula is C13H21N3O2S. The average molecular weight is 283 g/mol. The number of nitrogens with one attached hydrogen (secondary N) is 1. The Morgan fingerprint density at radius 1 is 1.42 bits per heavy atom. The van der Waals surface area contributed by atoms with Gasteiger partial charge in [0.1, 0.15) is 5.75 Å². The van der Waals surface area contributed by atoms with Crippen molar-refractivity contribution in [1.29, 1.82) is 0 Å². The van der Waals surface area contributed by atoms with Gasteiger partial charge in [0.05, 0.1) is 6.61 Å². The van der Waals surface area contributed by atoms with E-state index in [4.69, 9.17) is 16.3 Å².